The summed E-state index contributed by atoms with van der Waals surface area (Å²) in [6.07, 6.45) is 1.64. The summed E-state index contributed by atoms with van der Waals surface area (Å²) in [6.45, 7) is 3.79. The zero-order valence-corrected chi connectivity index (χ0v) is 21.9. The molecule has 0 atom stereocenters. The second kappa shape index (κ2) is 10.9. The van der Waals surface area contributed by atoms with Crippen LogP contribution in [-0.4, -0.2) is 28.5 Å². The highest BCUT2D eigenvalue weighted by molar-refractivity contribution is 8.18. The summed E-state index contributed by atoms with van der Waals surface area (Å²) >= 11 is 0.819. The van der Waals surface area contributed by atoms with E-state index >= 15 is 0 Å². The number of thioether (sulfide) groups is 1. The number of aryl methyl sites for hydroxylation is 2. The lowest BCUT2D eigenvalue weighted by Gasteiger charge is -2.15. The number of amides is 3. The first-order valence-electron chi connectivity index (χ1n) is 12.2. The Morgan fingerprint density at radius 3 is 2.39 bits per heavy atom. The van der Waals surface area contributed by atoms with Crippen molar-refractivity contribution in [1.82, 2.24) is 4.90 Å². The molecule has 0 aromatic heterocycles. The summed E-state index contributed by atoms with van der Waals surface area (Å²) in [5.41, 5.74) is 4.21. The van der Waals surface area contributed by atoms with Gasteiger partial charge in [-0.05, 0) is 71.3 Å². The van der Waals surface area contributed by atoms with Crippen LogP contribution in [0.1, 0.15) is 22.3 Å². The van der Waals surface area contributed by atoms with E-state index in [-0.39, 0.29) is 11.4 Å². The van der Waals surface area contributed by atoms with Crippen molar-refractivity contribution in [3.63, 3.8) is 0 Å². The smallest absolute Gasteiger partial charge is 0.294 e. The van der Waals surface area contributed by atoms with Crippen molar-refractivity contribution in [2.24, 2.45) is 0 Å². The fourth-order valence-corrected chi connectivity index (χ4v) is 5.16. The average Bonchev–Trinajstić information content (AvgIpc) is 3.17. The van der Waals surface area contributed by atoms with Crippen LogP contribution in [0.15, 0.2) is 89.8 Å². The normalized spacial score (nSPS) is 14.4. The van der Waals surface area contributed by atoms with Gasteiger partial charge in [0, 0.05) is 11.3 Å². The highest BCUT2D eigenvalue weighted by atomic mass is 32.2. The van der Waals surface area contributed by atoms with Gasteiger partial charge in [-0.1, -0.05) is 72.8 Å². The molecular formula is C31H26N2O4S. The van der Waals surface area contributed by atoms with E-state index in [4.69, 9.17) is 4.74 Å². The standard InChI is InChI=1S/C31H26N2O4S/c1-20-8-7-9-21(2)29(20)32-28(34)18-33-30(35)27(38-31(33)36)17-25-12-5-6-13-26(25)37-19-22-14-15-23-10-3-4-11-24(23)16-22/h3-17H,18-19H2,1-2H3,(H,32,34)/b27-17-. The van der Waals surface area contributed by atoms with Crippen LogP contribution in [0.3, 0.4) is 0 Å². The van der Waals surface area contributed by atoms with E-state index < -0.39 is 17.1 Å². The molecule has 4 aromatic rings. The maximum absolute atomic E-state index is 13.1. The first-order chi connectivity index (χ1) is 18.4. The molecule has 1 heterocycles. The van der Waals surface area contributed by atoms with E-state index in [1.807, 2.05) is 74.5 Å². The van der Waals surface area contributed by atoms with Crippen molar-refractivity contribution in [2.75, 3.05) is 11.9 Å². The molecule has 4 aromatic carbocycles. The minimum absolute atomic E-state index is 0.247. The summed E-state index contributed by atoms with van der Waals surface area (Å²) in [4.78, 5) is 39.6. The van der Waals surface area contributed by atoms with Crippen LogP contribution in [0.4, 0.5) is 10.5 Å². The van der Waals surface area contributed by atoms with Gasteiger partial charge in [0.2, 0.25) is 5.91 Å². The number of carbonyl (C=O) groups is 3. The summed E-state index contributed by atoms with van der Waals surface area (Å²) in [6, 6.07) is 27.4. The zero-order chi connectivity index (χ0) is 26.6. The second-order valence-corrected chi connectivity index (χ2v) is 10.1. The van der Waals surface area contributed by atoms with Crippen molar-refractivity contribution in [3.05, 3.63) is 112 Å². The van der Waals surface area contributed by atoms with E-state index in [1.165, 1.54) is 0 Å². The van der Waals surface area contributed by atoms with Crippen LogP contribution >= 0.6 is 11.8 Å². The third kappa shape index (κ3) is 5.48. The summed E-state index contributed by atoms with van der Waals surface area (Å²) in [5, 5.41) is 4.65. The molecule has 38 heavy (non-hydrogen) atoms. The van der Waals surface area contributed by atoms with Crippen molar-refractivity contribution in [3.8, 4) is 5.75 Å². The van der Waals surface area contributed by atoms with Gasteiger partial charge in [0.1, 0.15) is 18.9 Å². The molecule has 0 radical (unpaired) electrons. The number of rotatable bonds is 7. The molecule has 3 amide bonds. The molecule has 1 N–H and O–H groups in total. The average molecular weight is 523 g/mol. The summed E-state index contributed by atoms with van der Waals surface area (Å²) in [5.74, 6) is -0.328. The molecule has 1 fully saturated rings. The maximum Gasteiger partial charge on any atom is 0.294 e. The number of para-hydroxylation sites is 2. The fourth-order valence-electron chi connectivity index (χ4n) is 4.33. The van der Waals surface area contributed by atoms with Crippen molar-refractivity contribution >= 4 is 51.4 Å². The van der Waals surface area contributed by atoms with Gasteiger partial charge in [-0.25, -0.2) is 0 Å². The molecule has 7 heteroatoms. The summed E-state index contributed by atoms with van der Waals surface area (Å²) in [7, 11) is 0. The second-order valence-electron chi connectivity index (χ2n) is 9.09. The predicted molar refractivity (Wildman–Crippen MR) is 152 cm³/mol. The molecular weight excluding hydrogens is 496 g/mol. The van der Waals surface area contributed by atoms with E-state index in [1.54, 1.807) is 6.08 Å². The molecule has 1 aliphatic rings. The molecule has 0 unspecified atom stereocenters. The summed E-state index contributed by atoms with van der Waals surface area (Å²) < 4.78 is 6.10. The molecule has 5 rings (SSSR count). The zero-order valence-electron chi connectivity index (χ0n) is 21.1. The molecule has 190 valence electrons. The predicted octanol–water partition coefficient (Wildman–Crippen LogP) is 6.71. The first-order valence-corrected chi connectivity index (χ1v) is 13.0. The van der Waals surface area contributed by atoms with Gasteiger partial charge in [0.25, 0.3) is 11.1 Å². The Morgan fingerprint density at radius 2 is 1.61 bits per heavy atom. The number of nitrogens with zero attached hydrogens (tertiary/aromatic N) is 1. The Hall–Kier alpha value is -4.36. The van der Waals surface area contributed by atoms with E-state index in [9.17, 15) is 14.4 Å². The first kappa shape index (κ1) is 25.3. The van der Waals surface area contributed by atoms with Gasteiger partial charge in [-0.3, -0.25) is 19.3 Å². The van der Waals surface area contributed by atoms with E-state index in [0.717, 1.165) is 44.1 Å². The Labute approximate surface area is 225 Å². The molecule has 0 aliphatic carbocycles. The van der Waals surface area contributed by atoms with Crippen LogP contribution in [0.5, 0.6) is 5.75 Å². The third-order valence-corrected chi connectivity index (χ3v) is 7.24. The molecule has 6 nitrogen and oxygen atoms in total. The van der Waals surface area contributed by atoms with Gasteiger partial charge in [-0.2, -0.15) is 0 Å². The van der Waals surface area contributed by atoms with E-state index in [2.05, 4.69) is 29.6 Å². The Bertz CT molecular complexity index is 1570. The number of nitrogens with one attached hydrogen (secondary N) is 1. The Kier molecular flexibility index (Phi) is 7.29. The highest BCUT2D eigenvalue weighted by Crippen LogP contribution is 2.34. The molecule has 0 bridgehead atoms. The molecule has 1 saturated heterocycles. The lowest BCUT2D eigenvalue weighted by molar-refractivity contribution is -0.127. The number of anilines is 1. The third-order valence-electron chi connectivity index (χ3n) is 6.33. The molecule has 1 aliphatic heterocycles. The lowest BCUT2D eigenvalue weighted by Crippen LogP contribution is -2.36. The van der Waals surface area contributed by atoms with Crippen LogP contribution in [-0.2, 0) is 16.2 Å². The number of hydrogen-bond donors (Lipinski definition) is 1. The van der Waals surface area contributed by atoms with Crippen molar-refractivity contribution in [2.45, 2.75) is 20.5 Å². The number of imide groups is 1. The molecule has 0 spiro atoms. The number of fused-ring (bicyclic) bond motifs is 1. The van der Waals surface area contributed by atoms with Crippen molar-refractivity contribution in [1.29, 1.82) is 0 Å². The number of benzene rings is 4. The lowest BCUT2D eigenvalue weighted by atomic mass is 10.1. The maximum atomic E-state index is 13.1. The number of carbonyl (C=O) groups excluding carboxylic acids is 3. The Balaban J connectivity index is 1.28. The minimum Gasteiger partial charge on any atom is -0.488 e. The van der Waals surface area contributed by atoms with Crippen LogP contribution in [0.25, 0.3) is 16.8 Å². The topological polar surface area (TPSA) is 75.7 Å². The van der Waals surface area contributed by atoms with Gasteiger partial charge in [0.05, 0.1) is 4.91 Å². The largest absolute Gasteiger partial charge is 0.488 e. The van der Waals surface area contributed by atoms with Gasteiger partial charge in [-0.15, -0.1) is 0 Å². The van der Waals surface area contributed by atoms with Crippen LogP contribution < -0.4 is 10.1 Å². The number of hydrogen-bond acceptors (Lipinski definition) is 5. The fraction of sp³-hybridized carbons (Fsp3) is 0.129. The van der Waals surface area contributed by atoms with Gasteiger partial charge < -0.3 is 10.1 Å². The minimum atomic E-state index is -0.499. The Morgan fingerprint density at radius 1 is 0.895 bits per heavy atom. The quantitative estimate of drug-likeness (QED) is 0.273. The SMILES string of the molecule is Cc1cccc(C)c1NC(=O)CN1C(=O)S/C(=C\c2ccccc2OCc2ccc3ccccc3c2)C1=O. The van der Waals surface area contributed by atoms with Crippen LogP contribution in [0.2, 0.25) is 0 Å². The van der Waals surface area contributed by atoms with E-state index in [0.29, 0.717) is 23.6 Å². The van der Waals surface area contributed by atoms with Crippen LogP contribution in [0, 0.1) is 13.8 Å². The number of ether oxygens (including phenoxy) is 1. The molecule has 0 saturated carbocycles. The highest BCUT2D eigenvalue weighted by Gasteiger charge is 2.36. The van der Waals surface area contributed by atoms with Crippen molar-refractivity contribution < 1.29 is 19.1 Å². The van der Waals surface area contributed by atoms with Gasteiger partial charge >= 0.3 is 0 Å². The monoisotopic (exact) mass is 522 g/mol. The van der Waals surface area contributed by atoms with Gasteiger partial charge in [0.15, 0.2) is 0 Å².